The van der Waals surface area contributed by atoms with Crippen LogP contribution in [0, 0.1) is 13.8 Å². The monoisotopic (exact) mass is 458 g/mol. The first-order valence-electron chi connectivity index (χ1n) is 8.32. The van der Waals surface area contributed by atoms with E-state index in [4.69, 9.17) is 9.26 Å². The van der Waals surface area contributed by atoms with E-state index in [1.807, 2.05) is 51.1 Å². The lowest BCUT2D eigenvalue weighted by Gasteiger charge is -2.12. The van der Waals surface area contributed by atoms with Crippen LogP contribution in [-0.4, -0.2) is 37.4 Å². The van der Waals surface area contributed by atoms with Gasteiger partial charge in [0.15, 0.2) is 5.96 Å². The molecular formula is C18H27IN4O2. The van der Waals surface area contributed by atoms with E-state index in [9.17, 15) is 0 Å². The van der Waals surface area contributed by atoms with Crippen molar-refractivity contribution in [2.45, 2.75) is 27.2 Å². The zero-order valence-electron chi connectivity index (χ0n) is 15.0. The second-order valence-electron chi connectivity index (χ2n) is 5.40. The number of aliphatic imine (C=N–C) groups is 1. The van der Waals surface area contributed by atoms with Crippen LogP contribution in [-0.2, 0) is 6.42 Å². The third-order valence-electron chi connectivity index (χ3n) is 3.56. The summed E-state index contributed by atoms with van der Waals surface area (Å²) in [7, 11) is 0. The SMILES string of the molecule is CCNC(=NCCc1c(C)noc1C)NCCOc1ccccc1.I. The van der Waals surface area contributed by atoms with Gasteiger partial charge in [-0.25, -0.2) is 0 Å². The summed E-state index contributed by atoms with van der Waals surface area (Å²) in [6.07, 6.45) is 0.818. The minimum absolute atomic E-state index is 0. The summed E-state index contributed by atoms with van der Waals surface area (Å²) in [5, 5.41) is 10.5. The molecule has 0 aliphatic rings. The fourth-order valence-corrected chi connectivity index (χ4v) is 2.34. The molecule has 1 aromatic carbocycles. The highest BCUT2D eigenvalue weighted by atomic mass is 127. The van der Waals surface area contributed by atoms with E-state index < -0.39 is 0 Å². The molecule has 2 N–H and O–H groups in total. The number of nitrogens with one attached hydrogen (secondary N) is 2. The molecule has 1 aromatic heterocycles. The Kier molecular flexibility index (Phi) is 9.98. The maximum absolute atomic E-state index is 5.66. The van der Waals surface area contributed by atoms with Crippen molar-refractivity contribution in [3.8, 4) is 5.75 Å². The van der Waals surface area contributed by atoms with E-state index in [2.05, 4.69) is 20.8 Å². The van der Waals surface area contributed by atoms with Crippen LogP contribution in [0.3, 0.4) is 0 Å². The minimum Gasteiger partial charge on any atom is -0.492 e. The normalized spacial score (nSPS) is 10.9. The van der Waals surface area contributed by atoms with Crippen LogP contribution >= 0.6 is 24.0 Å². The van der Waals surface area contributed by atoms with Gasteiger partial charge in [-0.1, -0.05) is 23.4 Å². The summed E-state index contributed by atoms with van der Waals surface area (Å²) in [6.45, 7) is 8.70. The number of halogens is 1. The van der Waals surface area contributed by atoms with Crippen molar-refractivity contribution in [3.05, 3.63) is 47.3 Å². The number of benzene rings is 1. The molecule has 6 nitrogen and oxygen atoms in total. The molecule has 0 aliphatic heterocycles. The average molecular weight is 458 g/mol. The molecule has 7 heteroatoms. The van der Waals surface area contributed by atoms with E-state index in [1.54, 1.807) is 0 Å². The molecule has 138 valence electrons. The highest BCUT2D eigenvalue weighted by Gasteiger charge is 2.08. The number of aromatic nitrogens is 1. The summed E-state index contributed by atoms with van der Waals surface area (Å²) in [6, 6.07) is 9.79. The highest BCUT2D eigenvalue weighted by molar-refractivity contribution is 14.0. The Hall–Kier alpha value is -1.77. The van der Waals surface area contributed by atoms with Gasteiger partial charge < -0.3 is 19.9 Å². The minimum atomic E-state index is 0. The van der Waals surface area contributed by atoms with Crippen LogP contribution in [0.2, 0.25) is 0 Å². The van der Waals surface area contributed by atoms with Gasteiger partial charge in [0.25, 0.3) is 0 Å². The van der Waals surface area contributed by atoms with E-state index in [-0.39, 0.29) is 24.0 Å². The smallest absolute Gasteiger partial charge is 0.191 e. The van der Waals surface area contributed by atoms with Gasteiger partial charge in [0.05, 0.1) is 12.2 Å². The third kappa shape index (κ3) is 7.33. The predicted molar refractivity (Wildman–Crippen MR) is 111 cm³/mol. The lowest BCUT2D eigenvalue weighted by atomic mass is 10.1. The Labute approximate surface area is 166 Å². The van der Waals surface area contributed by atoms with Crippen molar-refractivity contribution in [2.75, 3.05) is 26.2 Å². The largest absolute Gasteiger partial charge is 0.492 e. The van der Waals surface area contributed by atoms with Gasteiger partial charge in [0.1, 0.15) is 18.1 Å². The van der Waals surface area contributed by atoms with Crippen molar-refractivity contribution in [3.63, 3.8) is 0 Å². The summed E-state index contributed by atoms with van der Waals surface area (Å²) >= 11 is 0. The number of aryl methyl sites for hydroxylation is 2. The van der Waals surface area contributed by atoms with E-state index >= 15 is 0 Å². The fourth-order valence-electron chi connectivity index (χ4n) is 2.34. The molecule has 2 rings (SSSR count). The summed E-state index contributed by atoms with van der Waals surface area (Å²) < 4.78 is 10.8. The Morgan fingerprint density at radius 1 is 1.20 bits per heavy atom. The molecule has 0 saturated carbocycles. The van der Waals surface area contributed by atoms with Gasteiger partial charge in [0, 0.05) is 18.7 Å². The molecule has 0 saturated heterocycles. The first-order chi connectivity index (χ1) is 11.7. The maximum Gasteiger partial charge on any atom is 0.191 e. The van der Waals surface area contributed by atoms with E-state index in [0.717, 1.165) is 41.7 Å². The first kappa shape index (κ1) is 21.3. The summed E-state index contributed by atoms with van der Waals surface area (Å²) in [5.41, 5.74) is 2.08. The quantitative estimate of drug-likeness (QED) is 0.275. The molecule has 2 aromatic rings. The highest BCUT2D eigenvalue weighted by Crippen LogP contribution is 2.12. The van der Waals surface area contributed by atoms with Crippen molar-refractivity contribution >= 4 is 29.9 Å². The van der Waals surface area contributed by atoms with Gasteiger partial charge >= 0.3 is 0 Å². The molecule has 1 heterocycles. The van der Waals surface area contributed by atoms with Gasteiger partial charge in [-0.2, -0.15) is 0 Å². The molecule has 0 atom stereocenters. The number of guanidine groups is 1. The van der Waals surface area contributed by atoms with E-state index in [1.165, 1.54) is 0 Å². The zero-order chi connectivity index (χ0) is 17.2. The average Bonchev–Trinajstić information content (AvgIpc) is 2.91. The number of ether oxygens (including phenoxy) is 1. The lowest BCUT2D eigenvalue weighted by molar-refractivity contribution is 0.322. The zero-order valence-corrected chi connectivity index (χ0v) is 17.4. The molecule has 0 amide bonds. The molecule has 25 heavy (non-hydrogen) atoms. The van der Waals surface area contributed by atoms with Crippen LogP contribution in [0.25, 0.3) is 0 Å². The van der Waals surface area contributed by atoms with Crippen LogP contribution < -0.4 is 15.4 Å². The first-order valence-corrected chi connectivity index (χ1v) is 8.32. The molecule has 0 aliphatic carbocycles. The molecule has 0 bridgehead atoms. The Balaban J connectivity index is 0.00000312. The van der Waals surface area contributed by atoms with Gasteiger partial charge in [-0.15, -0.1) is 24.0 Å². The van der Waals surface area contributed by atoms with Crippen molar-refractivity contribution in [1.29, 1.82) is 0 Å². The Bertz CT molecular complexity index is 624. The topological polar surface area (TPSA) is 71.7 Å². The van der Waals surface area contributed by atoms with Crippen LogP contribution in [0.1, 0.15) is 23.9 Å². The standard InChI is InChI=1S/C18H26N4O2.HI/c1-4-19-18(20-11-10-17-14(2)22-24-15(17)3)21-12-13-23-16-8-6-5-7-9-16;/h5-9H,4,10-13H2,1-3H3,(H2,19,20,21);1H. The maximum atomic E-state index is 5.66. The molecule has 0 unspecified atom stereocenters. The second kappa shape index (κ2) is 11.7. The molecule has 0 fully saturated rings. The van der Waals surface area contributed by atoms with Crippen molar-refractivity contribution < 1.29 is 9.26 Å². The van der Waals surface area contributed by atoms with Gasteiger partial charge in [0.2, 0.25) is 0 Å². The van der Waals surface area contributed by atoms with Crippen molar-refractivity contribution in [1.82, 2.24) is 15.8 Å². The fraction of sp³-hybridized carbons (Fsp3) is 0.444. The number of hydrogen-bond acceptors (Lipinski definition) is 4. The van der Waals surface area contributed by atoms with Crippen molar-refractivity contribution in [2.24, 2.45) is 4.99 Å². The lowest BCUT2D eigenvalue weighted by Crippen LogP contribution is -2.39. The van der Waals surface area contributed by atoms with Crippen LogP contribution in [0.4, 0.5) is 0 Å². The molecule has 0 spiro atoms. The number of hydrogen-bond donors (Lipinski definition) is 2. The predicted octanol–water partition coefficient (Wildman–Crippen LogP) is 3.09. The summed E-state index contributed by atoms with van der Waals surface area (Å²) in [4.78, 5) is 4.58. The number of para-hydroxylation sites is 1. The number of rotatable bonds is 8. The molecule has 0 radical (unpaired) electrons. The van der Waals surface area contributed by atoms with Gasteiger partial charge in [-0.05, 0) is 39.3 Å². The summed E-state index contributed by atoms with van der Waals surface area (Å²) in [5.74, 6) is 2.54. The second-order valence-corrected chi connectivity index (χ2v) is 5.40. The third-order valence-corrected chi connectivity index (χ3v) is 3.56. The van der Waals surface area contributed by atoms with Gasteiger partial charge in [-0.3, -0.25) is 4.99 Å². The van der Waals surface area contributed by atoms with Crippen LogP contribution in [0.15, 0.2) is 39.8 Å². The number of nitrogens with zero attached hydrogens (tertiary/aromatic N) is 2. The van der Waals surface area contributed by atoms with E-state index in [0.29, 0.717) is 19.7 Å². The van der Waals surface area contributed by atoms with Crippen LogP contribution in [0.5, 0.6) is 5.75 Å². The Morgan fingerprint density at radius 2 is 1.96 bits per heavy atom. The molecular weight excluding hydrogens is 431 g/mol. The Morgan fingerprint density at radius 3 is 2.60 bits per heavy atom.